The number of nitrogens with zero attached hydrogens (tertiary/aromatic N) is 4. The molecule has 1 aliphatic heterocycles. The molecule has 1 saturated heterocycles. The third-order valence-electron chi connectivity index (χ3n) is 6.41. The maximum Gasteiger partial charge on any atom is 0.208 e. The summed E-state index contributed by atoms with van der Waals surface area (Å²) in [6, 6.07) is 17.7. The highest BCUT2D eigenvalue weighted by molar-refractivity contribution is 6.04. The van der Waals surface area contributed by atoms with E-state index in [4.69, 9.17) is 4.74 Å². The van der Waals surface area contributed by atoms with Gasteiger partial charge >= 0.3 is 0 Å². The number of aromatic amines is 2. The number of rotatable bonds is 6. The highest BCUT2D eigenvalue weighted by Crippen LogP contribution is 2.30. The number of Topliss-reactive ketones (excluding diaryl/α,β-unsaturated/α-hetero) is 1. The number of pyridine rings is 1. The highest BCUT2D eigenvalue weighted by atomic mass is 16.5. The van der Waals surface area contributed by atoms with Crippen LogP contribution in [0.25, 0.3) is 33.2 Å². The van der Waals surface area contributed by atoms with Crippen molar-refractivity contribution in [2.75, 3.05) is 32.8 Å². The smallest absolute Gasteiger partial charge is 0.208 e. The molecule has 4 heterocycles. The number of ketones is 1. The number of hydrogen-bond donors (Lipinski definition) is 2. The van der Waals surface area contributed by atoms with Crippen LogP contribution in [0.5, 0.6) is 0 Å². The first-order valence-electron chi connectivity index (χ1n) is 11.4. The SMILES string of the molecule is O=C(c1nc2cc3[nH][nH]c(-c4ccncc4)c3cc2n1)C(CN1CCOCC1)c1ccccc1. The van der Waals surface area contributed by atoms with Crippen LogP contribution in [0.1, 0.15) is 22.1 Å². The van der Waals surface area contributed by atoms with Gasteiger partial charge in [-0.2, -0.15) is 0 Å². The van der Waals surface area contributed by atoms with Gasteiger partial charge in [-0.15, -0.1) is 0 Å². The summed E-state index contributed by atoms with van der Waals surface area (Å²) < 4.78 is 5.48. The van der Waals surface area contributed by atoms with E-state index in [1.54, 1.807) is 12.4 Å². The van der Waals surface area contributed by atoms with Crippen molar-refractivity contribution in [3.05, 3.63) is 78.4 Å². The largest absolute Gasteiger partial charge is 0.379 e. The number of fused-ring (bicyclic) bond motifs is 2. The fraction of sp³-hybridized carbons (Fsp3) is 0.231. The van der Waals surface area contributed by atoms with E-state index in [1.807, 2.05) is 54.6 Å². The van der Waals surface area contributed by atoms with E-state index in [-0.39, 0.29) is 17.5 Å². The molecule has 34 heavy (non-hydrogen) atoms. The zero-order chi connectivity index (χ0) is 22.9. The van der Waals surface area contributed by atoms with Gasteiger partial charge in [-0.3, -0.25) is 19.8 Å². The van der Waals surface area contributed by atoms with Gasteiger partial charge in [0.1, 0.15) is 0 Å². The predicted octanol–water partition coefficient (Wildman–Crippen LogP) is 3.80. The molecule has 8 heteroatoms. The Morgan fingerprint density at radius 2 is 1.71 bits per heavy atom. The number of aromatic nitrogens is 5. The minimum absolute atomic E-state index is 0.0570. The van der Waals surface area contributed by atoms with Gasteiger partial charge in [-0.25, -0.2) is 9.97 Å². The van der Waals surface area contributed by atoms with Gasteiger partial charge in [0.25, 0.3) is 0 Å². The van der Waals surface area contributed by atoms with Crippen LogP contribution in [0.3, 0.4) is 0 Å². The van der Waals surface area contributed by atoms with Gasteiger partial charge in [0.05, 0.1) is 41.4 Å². The highest BCUT2D eigenvalue weighted by Gasteiger charge is 2.28. The van der Waals surface area contributed by atoms with Gasteiger partial charge in [-0.1, -0.05) is 30.3 Å². The van der Waals surface area contributed by atoms with Crippen molar-refractivity contribution in [3.63, 3.8) is 0 Å². The van der Waals surface area contributed by atoms with Crippen molar-refractivity contribution in [2.45, 2.75) is 5.92 Å². The van der Waals surface area contributed by atoms with Crippen molar-refractivity contribution < 1.29 is 9.53 Å². The summed E-state index contributed by atoms with van der Waals surface area (Å²) in [6.07, 6.45) is 3.52. The third kappa shape index (κ3) is 3.87. The summed E-state index contributed by atoms with van der Waals surface area (Å²) in [4.78, 5) is 29.4. The first-order chi connectivity index (χ1) is 16.8. The summed E-state index contributed by atoms with van der Waals surface area (Å²) >= 11 is 0. The molecular formula is C26H24N6O2. The van der Waals surface area contributed by atoms with Crippen LogP contribution in [-0.2, 0) is 4.74 Å². The summed E-state index contributed by atoms with van der Waals surface area (Å²) in [5, 5.41) is 7.42. The van der Waals surface area contributed by atoms with E-state index in [0.29, 0.717) is 30.8 Å². The number of ether oxygens (including phenoxy) is 1. The Balaban J connectivity index is 1.37. The third-order valence-corrected chi connectivity index (χ3v) is 6.41. The van der Waals surface area contributed by atoms with Crippen molar-refractivity contribution in [1.29, 1.82) is 0 Å². The molecule has 1 unspecified atom stereocenters. The molecule has 0 saturated carbocycles. The number of carbonyl (C=O) groups excluding carboxylic acids is 1. The lowest BCUT2D eigenvalue weighted by atomic mass is 9.93. The Morgan fingerprint density at radius 1 is 0.971 bits per heavy atom. The number of morpholine rings is 1. The molecule has 0 amide bonds. The van der Waals surface area contributed by atoms with Crippen LogP contribution in [0.4, 0.5) is 0 Å². The minimum Gasteiger partial charge on any atom is -0.379 e. The van der Waals surface area contributed by atoms with Crippen molar-refractivity contribution >= 4 is 27.7 Å². The molecule has 1 aliphatic rings. The lowest BCUT2D eigenvalue weighted by Gasteiger charge is -2.29. The Morgan fingerprint density at radius 3 is 2.47 bits per heavy atom. The van der Waals surface area contributed by atoms with E-state index in [0.717, 1.165) is 40.8 Å². The Bertz CT molecular complexity index is 1440. The number of nitrogens with one attached hydrogen (secondary N) is 2. The lowest BCUT2D eigenvalue weighted by Crippen LogP contribution is -2.40. The van der Waals surface area contributed by atoms with Crippen LogP contribution < -0.4 is 0 Å². The topological polar surface area (TPSA) is 99.8 Å². The minimum atomic E-state index is -0.332. The zero-order valence-electron chi connectivity index (χ0n) is 18.6. The number of hydrogen-bond acceptors (Lipinski definition) is 6. The lowest BCUT2D eigenvalue weighted by molar-refractivity contribution is 0.0344. The van der Waals surface area contributed by atoms with Gasteiger partial charge in [0, 0.05) is 43.0 Å². The summed E-state index contributed by atoms with van der Waals surface area (Å²) in [7, 11) is 0. The van der Waals surface area contributed by atoms with Crippen molar-refractivity contribution in [1.82, 2.24) is 30.0 Å². The Hall–Kier alpha value is -3.88. The molecule has 170 valence electrons. The molecule has 2 N–H and O–H groups in total. The number of carbonyl (C=O) groups is 1. The number of H-pyrrole nitrogens is 2. The zero-order valence-corrected chi connectivity index (χ0v) is 18.6. The van der Waals surface area contributed by atoms with E-state index in [9.17, 15) is 4.79 Å². The van der Waals surface area contributed by atoms with Gasteiger partial charge in [-0.05, 0) is 29.8 Å². The Kier molecular flexibility index (Phi) is 5.37. The quantitative estimate of drug-likeness (QED) is 0.380. The number of imidazole rings is 1. The molecule has 0 spiro atoms. The second-order valence-corrected chi connectivity index (χ2v) is 8.54. The molecule has 0 radical (unpaired) electrons. The van der Waals surface area contributed by atoms with Crippen LogP contribution in [-0.4, -0.2) is 68.7 Å². The molecule has 8 nitrogen and oxygen atoms in total. The average molecular weight is 453 g/mol. The first-order valence-corrected chi connectivity index (χ1v) is 11.4. The summed E-state index contributed by atoms with van der Waals surface area (Å²) in [6.45, 7) is 3.64. The second-order valence-electron chi connectivity index (χ2n) is 8.54. The molecular weight excluding hydrogens is 428 g/mol. The van der Waals surface area contributed by atoms with Crippen molar-refractivity contribution in [2.24, 2.45) is 0 Å². The van der Waals surface area contributed by atoms with Crippen LogP contribution in [0.15, 0.2) is 67.0 Å². The molecule has 3 aromatic heterocycles. The first kappa shape index (κ1) is 20.7. The molecule has 0 aliphatic carbocycles. The Labute approximate surface area is 196 Å². The summed E-state index contributed by atoms with van der Waals surface area (Å²) in [5.41, 5.74) is 5.26. The second kappa shape index (κ2) is 8.81. The van der Waals surface area contributed by atoms with Gasteiger partial charge < -0.3 is 9.84 Å². The molecule has 1 fully saturated rings. The number of benzene rings is 2. The van der Waals surface area contributed by atoms with Crippen LogP contribution >= 0.6 is 0 Å². The molecule has 5 aromatic rings. The fourth-order valence-corrected chi connectivity index (χ4v) is 4.60. The van der Waals surface area contributed by atoms with Crippen LogP contribution in [0.2, 0.25) is 0 Å². The van der Waals surface area contributed by atoms with Crippen molar-refractivity contribution in [3.8, 4) is 11.3 Å². The van der Waals surface area contributed by atoms with E-state index in [2.05, 4.69) is 30.0 Å². The van der Waals surface area contributed by atoms with Crippen LogP contribution in [0, 0.1) is 0 Å². The molecule has 2 aromatic carbocycles. The normalized spacial score (nSPS) is 15.6. The fourth-order valence-electron chi connectivity index (χ4n) is 4.60. The standard InChI is InChI=1S/C26H24N6O2/c33-25(20(17-4-2-1-3-5-17)16-32-10-12-34-13-11-32)26-28-22-14-19-21(15-23(22)29-26)30-31-24(19)18-6-8-27-9-7-18/h1-9,14-15,20,30-31H,10-13,16H2. The van der Waals surface area contributed by atoms with Gasteiger partial charge in [0.2, 0.25) is 5.78 Å². The summed E-state index contributed by atoms with van der Waals surface area (Å²) in [5.74, 6) is -0.126. The molecule has 6 rings (SSSR count). The molecule has 1 atom stereocenters. The average Bonchev–Trinajstić information content (AvgIpc) is 3.50. The van der Waals surface area contributed by atoms with E-state index in [1.165, 1.54) is 0 Å². The van der Waals surface area contributed by atoms with E-state index >= 15 is 0 Å². The van der Waals surface area contributed by atoms with Gasteiger partial charge in [0.15, 0.2) is 5.82 Å². The monoisotopic (exact) mass is 452 g/mol. The predicted molar refractivity (Wildman–Crippen MR) is 130 cm³/mol. The van der Waals surface area contributed by atoms with E-state index < -0.39 is 0 Å². The molecule has 0 bridgehead atoms. The maximum atomic E-state index is 13.7. The maximum absolute atomic E-state index is 13.7.